The molecule has 2 aliphatic heterocycles. The van der Waals surface area contributed by atoms with Crippen molar-refractivity contribution in [3.63, 3.8) is 0 Å². The van der Waals surface area contributed by atoms with Crippen molar-refractivity contribution in [2.24, 2.45) is 11.8 Å². The van der Waals surface area contributed by atoms with E-state index in [1.165, 1.54) is 68.3 Å². The molecule has 0 spiro atoms. The highest BCUT2D eigenvalue weighted by Gasteiger charge is 2.32. The number of rotatable bonds is 10. The zero-order valence-electron chi connectivity index (χ0n) is 22.7. The largest absolute Gasteiger partial charge is 0.326 e. The Kier molecular flexibility index (Phi) is 9.31. The Morgan fingerprint density at radius 2 is 1.78 bits per heavy atom. The second-order valence-corrected chi connectivity index (χ2v) is 12.5. The van der Waals surface area contributed by atoms with Crippen LogP contribution >= 0.6 is 0 Å². The lowest BCUT2D eigenvalue weighted by molar-refractivity contribution is 0.0888. The van der Waals surface area contributed by atoms with Crippen LogP contribution in [0.4, 0.5) is 0 Å². The number of hydrazine groups is 1. The summed E-state index contributed by atoms with van der Waals surface area (Å²) in [6, 6.07) is 5.51. The summed E-state index contributed by atoms with van der Waals surface area (Å²) in [6.07, 6.45) is 13.1. The van der Waals surface area contributed by atoms with Crippen molar-refractivity contribution in [2.45, 2.75) is 90.3 Å². The number of hydrogen-bond donors (Lipinski definition) is 3. The van der Waals surface area contributed by atoms with Gasteiger partial charge in [0.15, 0.2) is 0 Å². The fourth-order valence-electron chi connectivity index (χ4n) is 7.19. The van der Waals surface area contributed by atoms with Gasteiger partial charge in [-0.05, 0) is 94.0 Å². The molecule has 3 aliphatic rings. The predicted molar refractivity (Wildman–Crippen MR) is 150 cm³/mol. The van der Waals surface area contributed by atoms with Crippen molar-refractivity contribution in [3.8, 4) is 0 Å². The molecule has 1 aliphatic carbocycles. The third kappa shape index (κ3) is 6.45. The van der Waals surface area contributed by atoms with Gasteiger partial charge in [-0.25, -0.2) is 14.6 Å². The van der Waals surface area contributed by atoms with Crippen LogP contribution in [0.3, 0.4) is 0 Å². The van der Waals surface area contributed by atoms with Crippen LogP contribution in [0.5, 0.6) is 0 Å². The van der Waals surface area contributed by atoms with Crippen LogP contribution in [0.25, 0.3) is 11.0 Å². The molecule has 0 radical (unpaired) electrons. The van der Waals surface area contributed by atoms with Crippen molar-refractivity contribution >= 4 is 22.3 Å². The van der Waals surface area contributed by atoms with Gasteiger partial charge in [-0.15, -0.1) is 0 Å². The highest BCUT2D eigenvalue weighted by molar-refractivity contribution is 7.77. The molecular weight excluding hydrogens is 484 g/mol. The van der Waals surface area contributed by atoms with E-state index in [4.69, 9.17) is 9.54 Å². The molecule has 4 heterocycles. The molecule has 3 N–H and O–H groups in total. The van der Waals surface area contributed by atoms with E-state index < -0.39 is 11.3 Å². The summed E-state index contributed by atoms with van der Waals surface area (Å²) >= 11 is -2.06. The maximum Gasteiger partial charge on any atom is 0.245 e. The second-order valence-electron chi connectivity index (χ2n) is 11.8. The lowest BCUT2D eigenvalue weighted by atomic mass is 9.79. The van der Waals surface area contributed by atoms with Crippen molar-refractivity contribution in [3.05, 3.63) is 29.6 Å². The second kappa shape index (κ2) is 12.7. The average molecular weight is 531 g/mol. The van der Waals surface area contributed by atoms with Crippen molar-refractivity contribution < 1.29 is 8.76 Å². The molecule has 37 heavy (non-hydrogen) atoms. The van der Waals surface area contributed by atoms with E-state index >= 15 is 0 Å². The first-order chi connectivity index (χ1) is 18.0. The Hall–Kier alpha value is -1.36. The van der Waals surface area contributed by atoms with E-state index in [0.717, 1.165) is 62.4 Å². The normalized spacial score (nSPS) is 25.4. The molecule has 3 fully saturated rings. The predicted octanol–water partition coefficient (Wildman–Crippen LogP) is 4.26. The lowest BCUT2D eigenvalue weighted by Crippen LogP contribution is -2.44. The first kappa shape index (κ1) is 27.2. The Labute approximate surface area is 225 Å². The van der Waals surface area contributed by atoms with Crippen LogP contribution < -0.4 is 10.3 Å². The summed E-state index contributed by atoms with van der Waals surface area (Å²) in [4.78, 5) is 12.7. The van der Waals surface area contributed by atoms with E-state index in [-0.39, 0.29) is 0 Å². The minimum Gasteiger partial charge on any atom is -0.326 e. The molecule has 0 aromatic carbocycles. The van der Waals surface area contributed by atoms with Gasteiger partial charge in [0, 0.05) is 62.0 Å². The van der Waals surface area contributed by atoms with Crippen molar-refractivity contribution in [1.82, 2.24) is 29.6 Å². The minimum atomic E-state index is -2.06. The zero-order chi connectivity index (χ0) is 25.8. The van der Waals surface area contributed by atoms with Crippen LogP contribution in [-0.2, 0) is 24.2 Å². The fraction of sp³-hybridized carbons (Fsp3) is 0.750. The summed E-state index contributed by atoms with van der Waals surface area (Å²) in [5, 5.41) is 1.28. The topological polar surface area (TPSA) is 85.7 Å². The SMILES string of the molecule is CC(C)C1CCC(N2CCC(n3c(CCNNS(=O)O)c(CN4CCCC4)c4cccnc43)CC2)CC1. The number of nitrogens with zero attached hydrogens (tertiary/aromatic N) is 4. The Morgan fingerprint density at radius 3 is 2.46 bits per heavy atom. The lowest BCUT2D eigenvalue weighted by Gasteiger charge is -2.42. The molecule has 1 saturated carbocycles. The number of fused-ring (bicyclic) bond motifs is 1. The van der Waals surface area contributed by atoms with Gasteiger partial charge in [0.05, 0.1) is 0 Å². The number of nitrogens with one attached hydrogen (secondary N) is 2. The molecule has 8 nitrogen and oxygen atoms in total. The molecule has 9 heteroatoms. The van der Waals surface area contributed by atoms with Crippen LogP contribution in [0.1, 0.15) is 82.5 Å². The standard InChI is InChI=1S/C28H46N6O2S/c1-21(2)22-7-9-23(10-8-22)33-18-12-24(13-19-33)34-27(11-15-30-31-37(35)36)26(20-32-16-3-4-17-32)25-6-5-14-29-28(25)34/h5-6,14,21-24,30-31H,3-4,7-13,15-20H2,1-2H3,(H,35,36). The maximum atomic E-state index is 11.1. The fourth-order valence-corrected chi connectivity index (χ4v) is 7.42. The monoisotopic (exact) mass is 530 g/mol. The third-order valence-electron chi connectivity index (χ3n) is 9.27. The van der Waals surface area contributed by atoms with Gasteiger partial charge in [0.25, 0.3) is 0 Å². The van der Waals surface area contributed by atoms with E-state index in [1.54, 1.807) is 0 Å². The average Bonchev–Trinajstić information content (AvgIpc) is 3.53. The molecule has 2 aromatic heterocycles. The quantitative estimate of drug-likeness (QED) is 0.242. The molecule has 5 rings (SSSR count). The highest BCUT2D eigenvalue weighted by atomic mass is 32.2. The highest BCUT2D eigenvalue weighted by Crippen LogP contribution is 2.37. The third-order valence-corrected chi connectivity index (χ3v) is 9.59. The number of likely N-dealkylation sites (tertiary alicyclic amines) is 2. The number of aromatic nitrogens is 2. The Balaban J connectivity index is 1.34. The van der Waals surface area contributed by atoms with Gasteiger partial charge in [-0.1, -0.05) is 13.8 Å². The Bertz CT molecular complexity index is 1040. The number of pyridine rings is 1. The molecule has 2 saturated heterocycles. The summed E-state index contributed by atoms with van der Waals surface area (Å²) in [7, 11) is 0. The zero-order valence-corrected chi connectivity index (χ0v) is 23.5. The van der Waals surface area contributed by atoms with Crippen LogP contribution in [0.2, 0.25) is 0 Å². The molecule has 206 valence electrons. The molecular formula is C28H46N6O2S. The van der Waals surface area contributed by atoms with E-state index in [2.05, 4.69) is 50.6 Å². The van der Waals surface area contributed by atoms with Crippen LogP contribution in [-0.4, -0.2) is 66.9 Å². The van der Waals surface area contributed by atoms with Gasteiger partial charge >= 0.3 is 0 Å². The summed E-state index contributed by atoms with van der Waals surface area (Å²) < 4.78 is 22.7. The van der Waals surface area contributed by atoms with E-state index in [9.17, 15) is 4.21 Å². The number of piperidine rings is 1. The first-order valence-corrected chi connectivity index (χ1v) is 15.6. The summed E-state index contributed by atoms with van der Waals surface area (Å²) in [5.74, 6) is 1.73. The Morgan fingerprint density at radius 1 is 1.05 bits per heavy atom. The van der Waals surface area contributed by atoms with Gasteiger partial charge in [-0.2, -0.15) is 4.83 Å². The molecule has 1 atom stereocenters. The van der Waals surface area contributed by atoms with Crippen LogP contribution in [0.15, 0.2) is 18.3 Å². The molecule has 0 bridgehead atoms. The molecule has 1 unspecified atom stereocenters. The summed E-state index contributed by atoms with van der Waals surface area (Å²) in [6.45, 7) is 11.0. The minimum absolute atomic E-state index is 0.447. The van der Waals surface area contributed by atoms with E-state index in [0.29, 0.717) is 12.6 Å². The van der Waals surface area contributed by atoms with Crippen molar-refractivity contribution in [1.29, 1.82) is 0 Å². The van der Waals surface area contributed by atoms with Crippen LogP contribution in [0, 0.1) is 11.8 Å². The number of hydrogen-bond acceptors (Lipinski definition) is 5. The van der Waals surface area contributed by atoms with E-state index in [1.807, 2.05) is 6.20 Å². The van der Waals surface area contributed by atoms with Gasteiger partial charge in [0.2, 0.25) is 11.3 Å². The molecule has 0 amide bonds. The smallest absolute Gasteiger partial charge is 0.245 e. The maximum absolute atomic E-state index is 11.1. The van der Waals surface area contributed by atoms with Gasteiger partial charge in [-0.3, -0.25) is 9.45 Å². The first-order valence-electron chi connectivity index (χ1n) is 14.5. The van der Waals surface area contributed by atoms with Crippen molar-refractivity contribution in [2.75, 3.05) is 32.7 Å². The summed E-state index contributed by atoms with van der Waals surface area (Å²) in [5.41, 5.74) is 6.78. The molecule has 2 aromatic rings. The van der Waals surface area contributed by atoms with Gasteiger partial charge < -0.3 is 9.47 Å². The van der Waals surface area contributed by atoms with Gasteiger partial charge in [0.1, 0.15) is 5.65 Å².